The van der Waals surface area contributed by atoms with Gasteiger partial charge in [-0.25, -0.2) is 0 Å². The van der Waals surface area contributed by atoms with Crippen molar-refractivity contribution in [3.8, 4) is 11.4 Å². The van der Waals surface area contributed by atoms with Gasteiger partial charge in [-0.05, 0) is 79.0 Å². The number of carbonyl (C=O) groups is 1. The zero-order valence-corrected chi connectivity index (χ0v) is 21.4. The van der Waals surface area contributed by atoms with E-state index in [0.29, 0.717) is 5.75 Å². The van der Waals surface area contributed by atoms with Crippen LogP contribution in [0.4, 0.5) is 5.69 Å². The van der Waals surface area contributed by atoms with Gasteiger partial charge in [-0.3, -0.25) is 10.1 Å². The summed E-state index contributed by atoms with van der Waals surface area (Å²) in [6.45, 7) is 10.3. The molecular formula is C27H29N5O2S. The van der Waals surface area contributed by atoms with Gasteiger partial charge in [0.1, 0.15) is 16.8 Å². The molecular weight excluding hydrogens is 458 g/mol. The Morgan fingerprint density at radius 1 is 0.971 bits per heavy atom. The number of nitrogens with zero attached hydrogens (tertiary/aromatic N) is 3. The fourth-order valence-electron chi connectivity index (χ4n) is 3.51. The molecule has 3 aromatic carbocycles. The molecule has 0 radical (unpaired) electrons. The molecule has 2 N–H and O–H groups in total. The molecule has 0 saturated carbocycles. The van der Waals surface area contributed by atoms with Gasteiger partial charge in [0.05, 0.1) is 5.69 Å². The minimum Gasteiger partial charge on any atom is -0.484 e. The molecule has 4 aromatic rings. The summed E-state index contributed by atoms with van der Waals surface area (Å²) in [5.41, 5.74) is 6.49. The van der Waals surface area contributed by atoms with Crippen molar-refractivity contribution >= 4 is 40.0 Å². The van der Waals surface area contributed by atoms with E-state index >= 15 is 0 Å². The summed E-state index contributed by atoms with van der Waals surface area (Å²) in [4.78, 5) is 13.9. The van der Waals surface area contributed by atoms with Crippen molar-refractivity contribution in [1.82, 2.24) is 20.3 Å². The van der Waals surface area contributed by atoms with Crippen molar-refractivity contribution in [2.45, 2.75) is 40.0 Å². The minimum absolute atomic E-state index is 0.0593. The molecule has 8 heteroatoms. The number of aromatic nitrogens is 3. The number of anilines is 1. The van der Waals surface area contributed by atoms with Gasteiger partial charge in [-0.2, -0.15) is 4.80 Å². The molecule has 0 aliphatic rings. The van der Waals surface area contributed by atoms with E-state index in [1.807, 2.05) is 74.5 Å². The largest absolute Gasteiger partial charge is 0.484 e. The second-order valence-electron chi connectivity index (χ2n) is 9.55. The number of amides is 1. The molecule has 0 aliphatic carbocycles. The van der Waals surface area contributed by atoms with Gasteiger partial charge >= 0.3 is 0 Å². The van der Waals surface area contributed by atoms with E-state index < -0.39 is 0 Å². The van der Waals surface area contributed by atoms with Gasteiger partial charge in [-0.1, -0.05) is 50.6 Å². The molecule has 4 rings (SSSR count). The summed E-state index contributed by atoms with van der Waals surface area (Å²) in [5.74, 6) is 0.288. The van der Waals surface area contributed by atoms with Crippen LogP contribution >= 0.6 is 12.2 Å². The van der Waals surface area contributed by atoms with Crippen molar-refractivity contribution in [2.75, 3.05) is 11.9 Å². The van der Waals surface area contributed by atoms with Crippen LogP contribution in [0.3, 0.4) is 0 Å². The number of aryl methyl sites for hydroxylation is 2. The molecule has 0 aliphatic heterocycles. The van der Waals surface area contributed by atoms with E-state index in [1.54, 1.807) is 4.80 Å². The van der Waals surface area contributed by atoms with E-state index in [-0.39, 0.29) is 23.0 Å². The van der Waals surface area contributed by atoms with E-state index in [4.69, 9.17) is 17.0 Å². The lowest BCUT2D eigenvalue weighted by Gasteiger charge is -2.19. The number of rotatable bonds is 5. The summed E-state index contributed by atoms with van der Waals surface area (Å²) < 4.78 is 5.60. The highest BCUT2D eigenvalue weighted by molar-refractivity contribution is 7.80. The standard InChI is InChI=1S/C27H29N5O2S/c1-17-6-10-20(11-7-17)32-30-23-14-18(2)22(15-24(23)31-32)28-26(35)29-25(33)16-34-21-12-8-19(9-13-21)27(3,4)5/h6-15H,16H2,1-5H3,(H2,28,29,33,35). The maximum absolute atomic E-state index is 12.3. The average molecular weight is 488 g/mol. The summed E-state index contributed by atoms with van der Waals surface area (Å²) in [6, 6.07) is 19.6. The number of hydrogen-bond donors (Lipinski definition) is 2. The lowest BCUT2D eigenvalue weighted by molar-refractivity contribution is -0.121. The van der Waals surface area contributed by atoms with Crippen LogP contribution in [0, 0.1) is 13.8 Å². The lowest BCUT2D eigenvalue weighted by atomic mass is 9.87. The van der Waals surface area contributed by atoms with Gasteiger partial charge in [-0.15, -0.1) is 10.2 Å². The Labute approximate surface area is 210 Å². The molecule has 1 amide bonds. The van der Waals surface area contributed by atoms with Gasteiger partial charge in [0.25, 0.3) is 5.91 Å². The zero-order chi connectivity index (χ0) is 25.2. The number of hydrogen-bond acceptors (Lipinski definition) is 5. The third-order valence-corrected chi connectivity index (χ3v) is 5.79. The van der Waals surface area contributed by atoms with Gasteiger partial charge in [0.2, 0.25) is 0 Å². The predicted octanol–water partition coefficient (Wildman–Crippen LogP) is 5.23. The number of ether oxygens (including phenoxy) is 1. The summed E-state index contributed by atoms with van der Waals surface area (Å²) in [5, 5.41) is 15.1. The molecule has 180 valence electrons. The van der Waals surface area contributed by atoms with E-state index in [1.165, 1.54) is 11.1 Å². The highest BCUT2D eigenvalue weighted by Gasteiger charge is 2.14. The van der Waals surface area contributed by atoms with E-state index in [9.17, 15) is 4.79 Å². The Morgan fingerprint density at radius 3 is 2.23 bits per heavy atom. The molecule has 35 heavy (non-hydrogen) atoms. The topological polar surface area (TPSA) is 81.1 Å². The third-order valence-electron chi connectivity index (χ3n) is 5.58. The predicted molar refractivity (Wildman–Crippen MR) is 143 cm³/mol. The van der Waals surface area contributed by atoms with Crippen LogP contribution < -0.4 is 15.4 Å². The first-order valence-electron chi connectivity index (χ1n) is 11.4. The molecule has 0 bridgehead atoms. The van der Waals surface area contributed by atoms with Crippen molar-refractivity contribution in [3.63, 3.8) is 0 Å². The molecule has 7 nitrogen and oxygen atoms in total. The van der Waals surface area contributed by atoms with E-state index in [2.05, 4.69) is 41.6 Å². The minimum atomic E-state index is -0.341. The van der Waals surface area contributed by atoms with Gasteiger partial charge in [0.15, 0.2) is 11.7 Å². The normalized spacial score (nSPS) is 11.3. The number of benzene rings is 3. The van der Waals surface area contributed by atoms with Crippen LogP contribution in [-0.4, -0.2) is 32.6 Å². The second-order valence-corrected chi connectivity index (χ2v) is 9.95. The van der Waals surface area contributed by atoms with Crippen LogP contribution in [0.25, 0.3) is 16.7 Å². The molecule has 1 aromatic heterocycles. The maximum atomic E-state index is 12.3. The van der Waals surface area contributed by atoms with Gasteiger partial charge < -0.3 is 10.1 Å². The Hall–Kier alpha value is -3.78. The average Bonchev–Trinajstić information content (AvgIpc) is 3.20. The molecule has 1 heterocycles. The Bertz CT molecular complexity index is 1370. The van der Waals surface area contributed by atoms with Crippen LogP contribution in [-0.2, 0) is 10.2 Å². The summed E-state index contributed by atoms with van der Waals surface area (Å²) in [6.07, 6.45) is 0. The second kappa shape index (κ2) is 9.84. The number of carbonyl (C=O) groups excluding carboxylic acids is 1. The molecule has 0 fully saturated rings. The van der Waals surface area contributed by atoms with Crippen molar-refractivity contribution in [1.29, 1.82) is 0 Å². The Kier molecular flexibility index (Phi) is 6.84. The number of thiocarbonyl (C=S) groups is 1. The molecule has 0 atom stereocenters. The highest BCUT2D eigenvalue weighted by Crippen LogP contribution is 2.24. The fraction of sp³-hybridized carbons (Fsp3) is 0.259. The van der Waals surface area contributed by atoms with Crippen LogP contribution in [0.15, 0.2) is 60.7 Å². The van der Waals surface area contributed by atoms with Crippen molar-refractivity contribution < 1.29 is 9.53 Å². The Balaban J connectivity index is 1.36. The quantitative estimate of drug-likeness (QED) is 0.375. The zero-order valence-electron chi connectivity index (χ0n) is 20.5. The third kappa shape index (κ3) is 6.02. The lowest BCUT2D eigenvalue weighted by Crippen LogP contribution is -2.37. The smallest absolute Gasteiger partial charge is 0.264 e. The summed E-state index contributed by atoms with van der Waals surface area (Å²) in [7, 11) is 0. The Morgan fingerprint density at radius 2 is 1.60 bits per heavy atom. The highest BCUT2D eigenvalue weighted by atomic mass is 32.1. The van der Waals surface area contributed by atoms with Crippen molar-refractivity contribution in [3.05, 3.63) is 77.4 Å². The molecule has 0 spiro atoms. The van der Waals surface area contributed by atoms with Crippen molar-refractivity contribution in [2.24, 2.45) is 0 Å². The fourth-order valence-corrected chi connectivity index (χ4v) is 3.74. The number of fused-ring (bicyclic) bond motifs is 1. The first-order valence-corrected chi connectivity index (χ1v) is 11.8. The molecule has 0 saturated heterocycles. The number of nitrogens with one attached hydrogen (secondary N) is 2. The van der Waals surface area contributed by atoms with Crippen LogP contribution in [0.1, 0.15) is 37.5 Å². The first kappa shape index (κ1) is 24.3. The maximum Gasteiger partial charge on any atom is 0.264 e. The van der Waals surface area contributed by atoms with Crippen LogP contribution in [0.5, 0.6) is 5.75 Å². The van der Waals surface area contributed by atoms with Crippen LogP contribution in [0.2, 0.25) is 0 Å². The van der Waals surface area contributed by atoms with E-state index in [0.717, 1.165) is 28.0 Å². The monoisotopic (exact) mass is 487 g/mol. The SMILES string of the molecule is Cc1ccc(-n2nc3cc(C)c(NC(=S)NC(=O)COc4ccc(C(C)(C)C)cc4)cc3n2)cc1. The summed E-state index contributed by atoms with van der Waals surface area (Å²) >= 11 is 5.34. The molecule has 0 unspecified atom stereocenters. The van der Waals surface area contributed by atoms with Gasteiger partial charge in [0, 0.05) is 5.69 Å². The first-order chi connectivity index (χ1) is 16.6.